The van der Waals surface area contributed by atoms with Crippen molar-refractivity contribution in [2.45, 2.75) is 34.1 Å². The van der Waals surface area contributed by atoms with Crippen LogP contribution in [0.15, 0.2) is 4.99 Å². The third-order valence-electron chi connectivity index (χ3n) is 4.60. The zero-order valence-electron chi connectivity index (χ0n) is 15.0. The number of aliphatic hydroxyl groups is 1. The molecule has 0 aromatic heterocycles. The van der Waals surface area contributed by atoms with E-state index in [0.29, 0.717) is 13.1 Å². The van der Waals surface area contributed by atoms with Crippen LogP contribution >= 0.6 is 24.0 Å². The quantitative estimate of drug-likeness (QED) is 0.284. The fourth-order valence-corrected chi connectivity index (χ4v) is 2.56. The molecule has 0 bridgehead atoms. The molecule has 3 atom stereocenters. The number of nitrogens with zero attached hydrogens (tertiary/aromatic N) is 2. The number of rotatable bonds is 6. The van der Waals surface area contributed by atoms with E-state index < -0.39 is 0 Å². The van der Waals surface area contributed by atoms with Crippen LogP contribution in [0.2, 0.25) is 0 Å². The molecule has 0 aromatic carbocycles. The van der Waals surface area contributed by atoms with Gasteiger partial charge in [0, 0.05) is 25.0 Å². The first-order chi connectivity index (χ1) is 10.4. The second-order valence-corrected chi connectivity index (χ2v) is 6.50. The first-order valence-electron chi connectivity index (χ1n) is 8.12. The van der Waals surface area contributed by atoms with Crippen molar-refractivity contribution < 1.29 is 14.6 Å². The van der Waals surface area contributed by atoms with E-state index >= 15 is 0 Å². The molecule has 1 aliphatic heterocycles. The summed E-state index contributed by atoms with van der Waals surface area (Å²) >= 11 is 0. The number of halogens is 1. The highest BCUT2D eigenvalue weighted by Gasteiger charge is 2.37. The lowest BCUT2D eigenvalue weighted by molar-refractivity contribution is -0.145. The van der Waals surface area contributed by atoms with Gasteiger partial charge in [0.1, 0.15) is 0 Å². The van der Waals surface area contributed by atoms with E-state index in [9.17, 15) is 9.90 Å². The van der Waals surface area contributed by atoms with Crippen molar-refractivity contribution in [1.29, 1.82) is 0 Å². The summed E-state index contributed by atoms with van der Waals surface area (Å²) in [5, 5.41) is 12.8. The highest BCUT2D eigenvalue weighted by molar-refractivity contribution is 14.0. The van der Waals surface area contributed by atoms with Gasteiger partial charge in [-0.05, 0) is 19.3 Å². The standard InChI is InChI=1S/C16H31N3O3.HI/c1-6-16(4,11-20)10-18-15(17-7-2)19-8-12(3)13(9-19)14(21)22-5;/h12-13,20H,6-11H2,1-5H3,(H,17,18);1H. The monoisotopic (exact) mass is 441 g/mol. The lowest BCUT2D eigenvalue weighted by atomic mass is 9.89. The number of esters is 1. The SMILES string of the molecule is CCNC(=NCC(C)(CC)CO)N1CC(C)C(C(=O)OC)C1.I. The zero-order valence-corrected chi connectivity index (χ0v) is 17.3. The first-order valence-corrected chi connectivity index (χ1v) is 8.12. The number of carbonyl (C=O) groups is 1. The number of carbonyl (C=O) groups excluding carboxylic acids is 1. The van der Waals surface area contributed by atoms with Crippen molar-refractivity contribution in [2.75, 3.05) is 39.9 Å². The molecule has 1 heterocycles. The van der Waals surface area contributed by atoms with E-state index in [-0.39, 0.29) is 53.8 Å². The molecule has 0 spiro atoms. The van der Waals surface area contributed by atoms with Crippen molar-refractivity contribution >= 4 is 35.9 Å². The Labute approximate surface area is 157 Å². The molecule has 0 saturated carbocycles. The Morgan fingerprint density at radius 3 is 2.57 bits per heavy atom. The summed E-state index contributed by atoms with van der Waals surface area (Å²) in [6.45, 7) is 11.0. The van der Waals surface area contributed by atoms with E-state index in [2.05, 4.69) is 29.1 Å². The number of methoxy groups -OCH3 is 1. The first kappa shape index (κ1) is 22.4. The van der Waals surface area contributed by atoms with E-state index in [1.807, 2.05) is 13.8 Å². The summed E-state index contributed by atoms with van der Waals surface area (Å²) < 4.78 is 4.88. The Kier molecular flexibility index (Phi) is 10.1. The zero-order chi connectivity index (χ0) is 16.8. The van der Waals surface area contributed by atoms with Gasteiger partial charge >= 0.3 is 5.97 Å². The van der Waals surface area contributed by atoms with Crippen molar-refractivity contribution in [3.63, 3.8) is 0 Å². The largest absolute Gasteiger partial charge is 0.469 e. The van der Waals surface area contributed by atoms with Gasteiger partial charge < -0.3 is 20.1 Å². The maximum absolute atomic E-state index is 11.8. The molecule has 0 aliphatic carbocycles. The van der Waals surface area contributed by atoms with E-state index in [1.165, 1.54) is 7.11 Å². The number of hydrogen-bond donors (Lipinski definition) is 2. The summed E-state index contributed by atoms with van der Waals surface area (Å²) in [6, 6.07) is 0. The van der Waals surface area contributed by atoms with Crippen LogP contribution in [0.25, 0.3) is 0 Å². The van der Waals surface area contributed by atoms with Crippen LogP contribution in [0.4, 0.5) is 0 Å². The molecule has 1 aliphatic rings. The van der Waals surface area contributed by atoms with Crippen LogP contribution in [-0.2, 0) is 9.53 Å². The molecule has 6 nitrogen and oxygen atoms in total. The molecule has 136 valence electrons. The van der Waals surface area contributed by atoms with Gasteiger partial charge in [-0.3, -0.25) is 9.79 Å². The molecule has 0 amide bonds. The Bertz CT molecular complexity index is 400. The Morgan fingerprint density at radius 2 is 2.09 bits per heavy atom. The van der Waals surface area contributed by atoms with Gasteiger partial charge in [-0.25, -0.2) is 0 Å². The lowest BCUT2D eigenvalue weighted by Gasteiger charge is -2.26. The number of hydrogen-bond acceptors (Lipinski definition) is 4. The van der Waals surface area contributed by atoms with Gasteiger partial charge in [0.25, 0.3) is 0 Å². The summed E-state index contributed by atoms with van der Waals surface area (Å²) in [7, 11) is 1.44. The van der Waals surface area contributed by atoms with Crippen molar-refractivity contribution in [3.8, 4) is 0 Å². The third kappa shape index (κ3) is 6.10. The van der Waals surface area contributed by atoms with Crippen LogP contribution in [0.1, 0.15) is 34.1 Å². The molecule has 7 heteroatoms. The minimum absolute atomic E-state index is 0. The predicted molar refractivity (Wildman–Crippen MR) is 103 cm³/mol. The summed E-state index contributed by atoms with van der Waals surface area (Å²) in [5.41, 5.74) is -0.201. The number of aliphatic hydroxyl groups excluding tert-OH is 1. The maximum Gasteiger partial charge on any atom is 0.310 e. The lowest BCUT2D eigenvalue weighted by Crippen LogP contribution is -2.41. The summed E-state index contributed by atoms with van der Waals surface area (Å²) in [5.74, 6) is 0.796. The van der Waals surface area contributed by atoms with Gasteiger partial charge in [0.15, 0.2) is 5.96 Å². The Morgan fingerprint density at radius 1 is 1.43 bits per heavy atom. The maximum atomic E-state index is 11.8. The van der Waals surface area contributed by atoms with Crippen LogP contribution in [-0.4, -0.2) is 61.8 Å². The number of likely N-dealkylation sites (tertiary alicyclic amines) is 1. The smallest absolute Gasteiger partial charge is 0.310 e. The third-order valence-corrected chi connectivity index (χ3v) is 4.60. The van der Waals surface area contributed by atoms with Gasteiger partial charge in [0.2, 0.25) is 0 Å². The highest BCUT2D eigenvalue weighted by atomic mass is 127. The van der Waals surface area contributed by atoms with E-state index in [1.54, 1.807) is 0 Å². The van der Waals surface area contributed by atoms with Gasteiger partial charge in [-0.15, -0.1) is 24.0 Å². The van der Waals surface area contributed by atoms with Gasteiger partial charge in [0.05, 0.1) is 26.2 Å². The molecular formula is C16H32IN3O3. The molecule has 23 heavy (non-hydrogen) atoms. The fraction of sp³-hybridized carbons (Fsp3) is 0.875. The summed E-state index contributed by atoms with van der Waals surface area (Å²) in [4.78, 5) is 18.6. The fourth-order valence-electron chi connectivity index (χ4n) is 2.56. The number of ether oxygens (including phenoxy) is 1. The molecule has 0 aromatic rings. The second kappa shape index (κ2) is 10.3. The molecular weight excluding hydrogens is 409 g/mol. The average Bonchev–Trinajstić information content (AvgIpc) is 2.92. The van der Waals surface area contributed by atoms with E-state index in [4.69, 9.17) is 4.74 Å². The molecule has 0 radical (unpaired) electrons. The normalized spacial score (nSPS) is 23.9. The molecule has 2 N–H and O–H groups in total. The molecule has 3 unspecified atom stereocenters. The highest BCUT2D eigenvalue weighted by Crippen LogP contribution is 2.25. The average molecular weight is 441 g/mol. The number of aliphatic imine (C=N–C) groups is 1. The minimum atomic E-state index is -0.201. The molecule has 1 fully saturated rings. The topological polar surface area (TPSA) is 74.2 Å². The van der Waals surface area contributed by atoms with Crippen molar-refractivity contribution in [1.82, 2.24) is 10.2 Å². The van der Waals surface area contributed by atoms with Crippen LogP contribution in [0, 0.1) is 17.3 Å². The van der Waals surface area contributed by atoms with Crippen molar-refractivity contribution in [2.24, 2.45) is 22.2 Å². The van der Waals surface area contributed by atoms with Crippen LogP contribution < -0.4 is 5.32 Å². The van der Waals surface area contributed by atoms with Crippen LogP contribution in [0.3, 0.4) is 0 Å². The van der Waals surface area contributed by atoms with Gasteiger partial charge in [-0.2, -0.15) is 0 Å². The summed E-state index contributed by atoms with van der Waals surface area (Å²) in [6.07, 6.45) is 0.869. The Balaban J connectivity index is 0.00000484. The number of nitrogens with one attached hydrogen (secondary N) is 1. The van der Waals surface area contributed by atoms with Crippen LogP contribution in [0.5, 0.6) is 0 Å². The van der Waals surface area contributed by atoms with Crippen molar-refractivity contribution in [3.05, 3.63) is 0 Å². The second-order valence-electron chi connectivity index (χ2n) is 6.50. The van der Waals surface area contributed by atoms with Gasteiger partial charge in [-0.1, -0.05) is 20.8 Å². The molecule has 1 saturated heterocycles. The predicted octanol–water partition coefficient (Wildman–Crippen LogP) is 1.72. The Hall–Kier alpha value is -0.570. The number of guanidine groups is 1. The molecule has 1 rings (SSSR count). The minimum Gasteiger partial charge on any atom is -0.469 e. The van der Waals surface area contributed by atoms with E-state index in [0.717, 1.165) is 25.5 Å².